The molecular weight excluding hydrogens is 638 g/mol. The van der Waals surface area contributed by atoms with Crippen LogP contribution >= 0.6 is 0 Å². The van der Waals surface area contributed by atoms with Gasteiger partial charge < -0.3 is 55.6 Å². The highest BCUT2D eigenvalue weighted by Crippen LogP contribution is 2.51. The van der Waals surface area contributed by atoms with Gasteiger partial charge in [-0.2, -0.15) is 0 Å². The maximum atomic E-state index is 12.8. The van der Waals surface area contributed by atoms with Crippen LogP contribution in [0.15, 0.2) is 36.4 Å². The van der Waals surface area contributed by atoms with Crippen molar-refractivity contribution in [2.75, 3.05) is 64.8 Å². The summed E-state index contributed by atoms with van der Waals surface area (Å²) >= 11 is 0. The molecule has 0 spiro atoms. The number of phenols is 1. The minimum absolute atomic E-state index is 0.203. The van der Waals surface area contributed by atoms with E-state index in [2.05, 4.69) is 5.32 Å². The summed E-state index contributed by atoms with van der Waals surface area (Å²) in [4.78, 5) is 25.4. The van der Waals surface area contributed by atoms with Crippen LogP contribution in [0.4, 0.5) is 5.69 Å². The van der Waals surface area contributed by atoms with Crippen LogP contribution in [-0.4, -0.2) is 112 Å². The first-order valence-corrected chi connectivity index (χ1v) is 16.2. The molecule has 2 rings (SSSR count). The summed E-state index contributed by atoms with van der Waals surface area (Å²) in [5.41, 5.74) is -3.49. The lowest BCUT2D eigenvalue weighted by Gasteiger charge is -2.55. The Balaban J connectivity index is 2.04. The first-order chi connectivity index (χ1) is 22.9. The highest BCUT2D eigenvalue weighted by atomic mass is 16.6. The van der Waals surface area contributed by atoms with Crippen LogP contribution in [0.3, 0.4) is 0 Å². The minimum atomic E-state index is -2.07. The molecule has 0 atom stereocenters. The molecule has 0 fully saturated rings. The number of esters is 1. The number of carbonyl (C=O) groups is 2. The zero-order valence-electron chi connectivity index (χ0n) is 29.5. The number of carbonyl (C=O) groups excluding carboxylic acids is 2. The number of phenolic OH excluding ortho intramolecular Hbond substituents is 1. The van der Waals surface area contributed by atoms with Crippen molar-refractivity contribution in [2.24, 2.45) is 16.2 Å². The lowest BCUT2D eigenvalue weighted by Crippen LogP contribution is -2.66. The fourth-order valence-electron chi connectivity index (χ4n) is 5.97. The third kappa shape index (κ3) is 9.28. The van der Waals surface area contributed by atoms with E-state index in [1.807, 2.05) is 53.7 Å². The molecule has 1 amide bonds. The number of aliphatic hydroxyl groups is 7. The largest absolute Gasteiger partial charge is 0.507 e. The van der Waals surface area contributed by atoms with Crippen LogP contribution in [0.25, 0.3) is 0 Å². The highest BCUT2D eigenvalue weighted by molar-refractivity contribution is 5.90. The third-order valence-corrected chi connectivity index (χ3v) is 9.51. The second kappa shape index (κ2) is 17.1. The maximum absolute atomic E-state index is 12.8. The summed E-state index contributed by atoms with van der Waals surface area (Å²) in [6.07, 6.45) is 0.670. The molecule has 0 aliphatic carbocycles. The number of rotatable bonds is 18. The molecular formula is C36H55NO12. The van der Waals surface area contributed by atoms with E-state index in [1.54, 1.807) is 12.1 Å². The van der Waals surface area contributed by atoms with Gasteiger partial charge >= 0.3 is 5.97 Å². The van der Waals surface area contributed by atoms with E-state index >= 15 is 0 Å². The molecule has 0 saturated heterocycles. The molecule has 276 valence electrons. The van der Waals surface area contributed by atoms with E-state index in [9.17, 15) is 50.4 Å². The van der Waals surface area contributed by atoms with Crippen molar-refractivity contribution in [1.82, 2.24) is 0 Å². The van der Waals surface area contributed by atoms with Gasteiger partial charge in [0.2, 0.25) is 5.91 Å². The molecule has 2 aromatic rings. The van der Waals surface area contributed by atoms with E-state index in [0.29, 0.717) is 12.1 Å². The molecule has 0 bridgehead atoms. The van der Waals surface area contributed by atoms with Crippen molar-refractivity contribution < 1.29 is 59.9 Å². The lowest BCUT2D eigenvalue weighted by molar-refractivity contribution is -0.233. The van der Waals surface area contributed by atoms with Gasteiger partial charge in [-0.3, -0.25) is 4.79 Å². The Morgan fingerprint density at radius 3 is 1.57 bits per heavy atom. The Hall–Kier alpha value is -3.30. The number of benzene rings is 2. The van der Waals surface area contributed by atoms with E-state index in [-0.39, 0.29) is 34.7 Å². The van der Waals surface area contributed by atoms with Crippen LogP contribution < -0.4 is 10.1 Å². The lowest BCUT2D eigenvalue weighted by atomic mass is 9.51. The Bertz CT molecular complexity index is 1320. The summed E-state index contributed by atoms with van der Waals surface area (Å²) in [6, 6.07) is 10.1. The second-order valence-corrected chi connectivity index (χ2v) is 14.8. The molecule has 13 heteroatoms. The molecule has 2 aromatic carbocycles. The zero-order valence-corrected chi connectivity index (χ0v) is 29.5. The number of amides is 1. The van der Waals surface area contributed by atoms with Crippen LogP contribution in [0.5, 0.6) is 11.5 Å². The third-order valence-electron chi connectivity index (χ3n) is 9.51. The van der Waals surface area contributed by atoms with Crippen LogP contribution in [0, 0.1) is 16.2 Å². The summed E-state index contributed by atoms with van der Waals surface area (Å²) in [5, 5.41) is 84.6. The molecule has 13 nitrogen and oxygen atoms in total. The standard InChI is InChI=1S/C36H55NO12/c1-32(2,3)27-13-24(14-28(31(27)47)33(4,5)6)7-12-29(45)37-25-8-10-26(11-9-25)48-15-30(46)49-23-35(19-41,20-42)36(21-43,22-44)34(16-38,17-39)18-40/h8-11,13-14,38-44,47H,7,12,15-23H2,1-6H3,(H,37,45). The fraction of sp³-hybridized carbons (Fsp3) is 0.611. The number of aromatic hydroxyl groups is 1. The van der Waals surface area contributed by atoms with E-state index in [1.165, 1.54) is 12.1 Å². The van der Waals surface area contributed by atoms with Crippen molar-refractivity contribution in [3.63, 3.8) is 0 Å². The first-order valence-electron chi connectivity index (χ1n) is 16.2. The SMILES string of the molecule is CC(C)(C)c1cc(CCC(=O)Nc2ccc(OCC(=O)OCC(CO)(CO)C(CO)(CO)C(CO)(CO)CO)cc2)cc(C(C)(C)C)c1O. The molecule has 0 aromatic heterocycles. The Morgan fingerprint density at radius 1 is 0.694 bits per heavy atom. The quantitative estimate of drug-likeness (QED) is 0.101. The fourth-order valence-corrected chi connectivity index (χ4v) is 5.97. The molecule has 0 heterocycles. The van der Waals surface area contributed by atoms with Gasteiger partial charge in [-0.05, 0) is 58.2 Å². The van der Waals surface area contributed by atoms with Crippen molar-refractivity contribution in [3.05, 3.63) is 53.1 Å². The number of aryl methyl sites for hydroxylation is 1. The number of aliphatic hydroxyl groups excluding tert-OH is 7. The molecule has 0 aliphatic rings. The van der Waals surface area contributed by atoms with Gasteiger partial charge in [0.05, 0.1) is 57.1 Å². The van der Waals surface area contributed by atoms with E-state index in [4.69, 9.17) is 9.47 Å². The highest BCUT2D eigenvalue weighted by Gasteiger charge is 2.62. The monoisotopic (exact) mass is 693 g/mol. The smallest absolute Gasteiger partial charge is 0.344 e. The van der Waals surface area contributed by atoms with Gasteiger partial charge in [0.25, 0.3) is 0 Å². The van der Waals surface area contributed by atoms with Gasteiger partial charge in [0.15, 0.2) is 6.61 Å². The van der Waals surface area contributed by atoms with Gasteiger partial charge in [0, 0.05) is 17.5 Å². The normalized spacial score (nSPS) is 12.9. The molecule has 49 heavy (non-hydrogen) atoms. The molecule has 9 N–H and O–H groups in total. The molecule has 0 saturated carbocycles. The van der Waals surface area contributed by atoms with Gasteiger partial charge in [0.1, 0.15) is 18.1 Å². The predicted octanol–water partition coefficient (Wildman–Crippen LogP) is 1.39. The minimum Gasteiger partial charge on any atom is -0.507 e. The van der Waals surface area contributed by atoms with Gasteiger partial charge in [-0.15, -0.1) is 0 Å². The second-order valence-electron chi connectivity index (χ2n) is 14.8. The Labute approximate surface area is 288 Å². The molecule has 0 aliphatic heterocycles. The van der Waals surface area contributed by atoms with E-state index < -0.39 is 81.7 Å². The van der Waals surface area contributed by atoms with Crippen molar-refractivity contribution in [3.8, 4) is 11.5 Å². The average molecular weight is 694 g/mol. The summed E-state index contributed by atoms with van der Waals surface area (Å²) in [7, 11) is 0. The topological polar surface area (TPSA) is 226 Å². The summed E-state index contributed by atoms with van der Waals surface area (Å²) in [5.74, 6) is -0.609. The van der Waals surface area contributed by atoms with Crippen LogP contribution in [0.1, 0.15) is 64.7 Å². The molecule has 0 radical (unpaired) electrons. The number of anilines is 1. The van der Waals surface area contributed by atoms with Crippen LogP contribution in [-0.2, 0) is 31.6 Å². The number of hydrogen-bond donors (Lipinski definition) is 9. The maximum Gasteiger partial charge on any atom is 0.344 e. The van der Waals surface area contributed by atoms with E-state index in [0.717, 1.165) is 16.7 Å². The average Bonchev–Trinajstić information content (AvgIpc) is 3.06. The zero-order chi connectivity index (χ0) is 37.3. The number of nitrogens with one attached hydrogen (secondary N) is 1. The predicted molar refractivity (Wildman–Crippen MR) is 182 cm³/mol. The van der Waals surface area contributed by atoms with Crippen molar-refractivity contribution in [2.45, 2.75) is 65.2 Å². The van der Waals surface area contributed by atoms with Crippen molar-refractivity contribution >= 4 is 17.6 Å². The summed E-state index contributed by atoms with van der Waals surface area (Å²) in [6.45, 7) is 4.18. The number of hydrogen-bond acceptors (Lipinski definition) is 12. The Morgan fingerprint density at radius 2 is 1.16 bits per heavy atom. The number of ether oxygens (including phenoxy) is 2. The Kier molecular flexibility index (Phi) is 14.6. The first kappa shape index (κ1) is 41.9. The van der Waals surface area contributed by atoms with Gasteiger partial charge in [-0.1, -0.05) is 53.7 Å². The van der Waals surface area contributed by atoms with Gasteiger partial charge in [-0.25, -0.2) is 4.79 Å². The van der Waals surface area contributed by atoms with Crippen molar-refractivity contribution in [1.29, 1.82) is 0 Å². The van der Waals surface area contributed by atoms with Crippen LogP contribution in [0.2, 0.25) is 0 Å². The molecule has 0 unspecified atom stereocenters. The summed E-state index contributed by atoms with van der Waals surface area (Å²) < 4.78 is 10.7.